The van der Waals surface area contributed by atoms with Gasteiger partial charge in [0, 0.05) is 13.1 Å². The highest BCUT2D eigenvalue weighted by molar-refractivity contribution is 5.84. The Balaban J connectivity index is 0.921. The van der Waals surface area contributed by atoms with Crippen molar-refractivity contribution in [1.29, 1.82) is 0 Å². The van der Waals surface area contributed by atoms with Gasteiger partial charge in [-0.05, 0) is 79.4 Å². The zero-order valence-electron chi connectivity index (χ0n) is 30.5. The summed E-state index contributed by atoms with van der Waals surface area (Å²) in [5.74, 6) is 1.59. The fourth-order valence-corrected chi connectivity index (χ4v) is 8.28. The number of aromatic nitrogens is 4. The van der Waals surface area contributed by atoms with Crippen LogP contribution in [-0.2, 0) is 14.3 Å². The highest BCUT2D eigenvalue weighted by Crippen LogP contribution is 2.37. The number of rotatable bonds is 10. The summed E-state index contributed by atoms with van der Waals surface area (Å²) in [4.78, 5) is 61.0. The summed E-state index contributed by atoms with van der Waals surface area (Å²) in [6.45, 7) is 3.14. The van der Waals surface area contributed by atoms with E-state index in [2.05, 4.69) is 90.6 Å². The monoisotopic (exact) mass is 726 g/mol. The lowest BCUT2D eigenvalue weighted by Gasteiger charge is -2.33. The second-order valence-electron chi connectivity index (χ2n) is 14.4. The maximum absolute atomic E-state index is 14.2. The third kappa shape index (κ3) is 7.25. The molecule has 2 aromatic heterocycles. The maximum atomic E-state index is 14.2. The summed E-state index contributed by atoms with van der Waals surface area (Å²) in [5, 5.41) is 2.47. The van der Waals surface area contributed by atoms with Gasteiger partial charge in [-0.1, -0.05) is 78.9 Å². The summed E-state index contributed by atoms with van der Waals surface area (Å²) in [5.41, 5.74) is 7.09. The van der Waals surface area contributed by atoms with Gasteiger partial charge in [-0.25, -0.2) is 14.8 Å². The minimum absolute atomic E-state index is 0.0706. The van der Waals surface area contributed by atoms with Crippen molar-refractivity contribution in [2.24, 2.45) is 0 Å². The van der Waals surface area contributed by atoms with E-state index in [0.29, 0.717) is 6.54 Å². The van der Waals surface area contributed by atoms with E-state index in [-0.39, 0.29) is 36.5 Å². The van der Waals surface area contributed by atoms with Gasteiger partial charge < -0.3 is 29.8 Å². The number of imidazole rings is 2. The van der Waals surface area contributed by atoms with Crippen LogP contribution in [0.4, 0.5) is 4.79 Å². The predicted molar refractivity (Wildman–Crippen MR) is 205 cm³/mol. The van der Waals surface area contributed by atoms with Gasteiger partial charge in [0.05, 0.1) is 43.0 Å². The first-order chi connectivity index (χ1) is 26.5. The van der Waals surface area contributed by atoms with Gasteiger partial charge in [0.1, 0.15) is 24.2 Å². The van der Waals surface area contributed by atoms with Crippen LogP contribution < -0.4 is 5.32 Å². The van der Waals surface area contributed by atoms with Crippen molar-refractivity contribution in [3.8, 4) is 33.6 Å². The minimum atomic E-state index is -0.628. The van der Waals surface area contributed by atoms with Crippen LogP contribution in [-0.4, -0.2) is 92.4 Å². The highest BCUT2D eigenvalue weighted by atomic mass is 16.5. The molecule has 3 saturated heterocycles. The summed E-state index contributed by atoms with van der Waals surface area (Å²) < 4.78 is 4.59. The van der Waals surface area contributed by atoms with Crippen LogP contribution >= 0.6 is 0 Å². The van der Waals surface area contributed by atoms with Crippen LogP contribution in [0.1, 0.15) is 73.9 Å². The quantitative estimate of drug-likeness (QED) is 0.146. The number of ether oxygens (including phenoxy) is 1. The van der Waals surface area contributed by atoms with Crippen LogP contribution in [0.15, 0.2) is 91.3 Å². The number of aromatic amines is 2. The van der Waals surface area contributed by atoms with Crippen LogP contribution in [0.3, 0.4) is 0 Å². The first-order valence-electron chi connectivity index (χ1n) is 19.0. The Morgan fingerprint density at radius 2 is 1.22 bits per heavy atom. The number of amides is 3. The molecular weight excluding hydrogens is 681 g/mol. The van der Waals surface area contributed by atoms with Gasteiger partial charge in [0.15, 0.2) is 0 Å². The Morgan fingerprint density at radius 1 is 0.704 bits per heavy atom. The van der Waals surface area contributed by atoms with E-state index in [0.717, 1.165) is 109 Å². The standard InChI is InChI=1S/C42H46N8O4/c1-54-42(53)45-27-37(51)49-23-7-11-35(49)39-43-25-33(46-39)30-17-13-28(14-18-30)29-15-19-31(20-16-29)34-26-44-40(47-34)36-12-8-24-50(36)41(52)38(48-21-5-6-22-48)32-9-3-2-4-10-32/h2-4,9-10,13-20,25-26,35-36,38H,5-8,11-12,21-24,27H2,1H3,(H,43,46)(H,44,47)(H,45,53)/t35-,36-,38+/m0/s1. The van der Waals surface area contributed by atoms with E-state index in [1.807, 2.05) is 29.3 Å². The number of nitrogens with zero attached hydrogens (tertiary/aromatic N) is 5. The molecule has 3 amide bonds. The number of likely N-dealkylation sites (tertiary alicyclic amines) is 3. The lowest BCUT2D eigenvalue weighted by molar-refractivity contribution is -0.138. The van der Waals surface area contributed by atoms with E-state index in [1.165, 1.54) is 7.11 Å². The highest BCUT2D eigenvalue weighted by Gasteiger charge is 2.39. The van der Waals surface area contributed by atoms with Crippen molar-refractivity contribution >= 4 is 17.9 Å². The number of hydrogen-bond acceptors (Lipinski definition) is 7. The van der Waals surface area contributed by atoms with E-state index in [1.54, 1.807) is 11.1 Å². The molecular formula is C42H46N8O4. The van der Waals surface area contributed by atoms with E-state index in [9.17, 15) is 14.4 Å². The Kier molecular flexibility index (Phi) is 10.3. The largest absolute Gasteiger partial charge is 0.453 e. The molecule has 3 aromatic carbocycles. The molecule has 0 unspecified atom stereocenters. The molecule has 12 nitrogen and oxygen atoms in total. The molecule has 54 heavy (non-hydrogen) atoms. The molecule has 8 rings (SSSR count). The Morgan fingerprint density at radius 3 is 1.78 bits per heavy atom. The lowest BCUT2D eigenvalue weighted by atomic mass is 10.0. The van der Waals surface area contributed by atoms with E-state index < -0.39 is 6.09 Å². The fourth-order valence-electron chi connectivity index (χ4n) is 8.28. The molecule has 3 aliphatic heterocycles. The molecule has 0 radical (unpaired) electrons. The number of benzene rings is 3. The summed E-state index contributed by atoms with van der Waals surface area (Å²) in [6, 6.07) is 26.5. The summed E-state index contributed by atoms with van der Waals surface area (Å²) >= 11 is 0. The zero-order valence-corrected chi connectivity index (χ0v) is 30.5. The molecule has 12 heteroatoms. The Bertz CT molecular complexity index is 2070. The van der Waals surface area contributed by atoms with Crippen LogP contribution in [0.25, 0.3) is 33.6 Å². The molecule has 0 aliphatic carbocycles. The molecule has 3 aliphatic rings. The number of H-pyrrole nitrogens is 2. The van der Waals surface area contributed by atoms with Crippen LogP contribution in [0.5, 0.6) is 0 Å². The number of carbonyl (C=O) groups is 3. The lowest BCUT2D eigenvalue weighted by Crippen LogP contribution is -2.42. The van der Waals surface area contributed by atoms with Gasteiger partial charge in [0.2, 0.25) is 11.8 Å². The number of carbonyl (C=O) groups excluding carboxylic acids is 3. The molecule has 5 heterocycles. The molecule has 5 aromatic rings. The first kappa shape index (κ1) is 35.3. The fraction of sp³-hybridized carbons (Fsp3) is 0.357. The molecule has 3 fully saturated rings. The Hall–Kier alpha value is -5.75. The normalized spacial score (nSPS) is 19.3. The van der Waals surface area contributed by atoms with Gasteiger partial charge >= 0.3 is 6.09 Å². The second-order valence-corrected chi connectivity index (χ2v) is 14.4. The smallest absolute Gasteiger partial charge is 0.407 e. The van der Waals surface area contributed by atoms with Crippen molar-refractivity contribution < 1.29 is 19.1 Å². The summed E-state index contributed by atoms with van der Waals surface area (Å²) in [6.07, 6.45) is 8.85. The van der Waals surface area contributed by atoms with Crippen molar-refractivity contribution in [3.05, 3.63) is 108 Å². The molecule has 3 atom stereocenters. The third-order valence-corrected chi connectivity index (χ3v) is 11.1. The van der Waals surface area contributed by atoms with Gasteiger partial charge in [-0.3, -0.25) is 14.5 Å². The van der Waals surface area contributed by atoms with Crippen LogP contribution in [0, 0.1) is 0 Å². The molecule has 3 N–H and O–H groups in total. The molecule has 0 saturated carbocycles. The van der Waals surface area contributed by atoms with E-state index >= 15 is 0 Å². The predicted octanol–water partition coefficient (Wildman–Crippen LogP) is 6.65. The van der Waals surface area contributed by atoms with Crippen molar-refractivity contribution in [2.75, 3.05) is 39.8 Å². The number of nitrogens with one attached hydrogen (secondary N) is 3. The first-order valence-corrected chi connectivity index (χ1v) is 19.0. The number of methoxy groups -OCH3 is 1. The van der Waals surface area contributed by atoms with E-state index in [4.69, 9.17) is 4.98 Å². The maximum Gasteiger partial charge on any atom is 0.407 e. The summed E-state index contributed by atoms with van der Waals surface area (Å²) in [7, 11) is 1.27. The average molecular weight is 727 g/mol. The zero-order chi connectivity index (χ0) is 37.0. The Labute approximate surface area is 314 Å². The van der Waals surface area contributed by atoms with Gasteiger partial charge in [0.25, 0.3) is 0 Å². The van der Waals surface area contributed by atoms with Crippen LogP contribution in [0.2, 0.25) is 0 Å². The van der Waals surface area contributed by atoms with Crippen molar-refractivity contribution in [2.45, 2.75) is 56.7 Å². The second kappa shape index (κ2) is 15.7. The van der Waals surface area contributed by atoms with Crippen molar-refractivity contribution in [1.82, 2.24) is 40.0 Å². The van der Waals surface area contributed by atoms with Crippen molar-refractivity contribution in [3.63, 3.8) is 0 Å². The number of hydrogen-bond donors (Lipinski definition) is 3. The van der Waals surface area contributed by atoms with Gasteiger partial charge in [-0.2, -0.15) is 0 Å². The minimum Gasteiger partial charge on any atom is -0.453 e. The number of alkyl carbamates (subject to hydrolysis) is 1. The SMILES string of the molecule is COC(=O)NCC(=O)N1CCC[C@H]1c1ncc(-c2ccc(-c3ccc(-c4cnc([C@@H]5CCCN5C(=O)[C@@H](c5ccccc5)N5CCCC5)[nH]4)cc3)cc2)[nH]1. The average Bonchev–Trinajstić information content (AvgIpc) is 4.07. The topological polar surface area (TPSA) is 140 Å². The molecule has 0 bridgehead atoms. The third-order valence-electron chi connectivity index (χ3n) is 11.1. The van der Waals surface area contributed by atoms with Gasteiger partial charge in [-0.15, -0.1) is 0 Å². The molecule has 0 spiro atoms. The molecule has 278 valence electrons.